The molecule has 0 aromatic carbocycles. The third-order valence-corrected chi connectivity index (χ3v) is 3.17. The van der Waals surface area contributed by atoms with Gasteiger partial charge in [0.25, 0.3) is 0 Å². The van der Waals surface area contributed by atoms with Crippen LogP contribution in [0.25, 0.3) is 0 Å². The minimum absolute atomic E-state index is 0.00385. The molecule has 0 N–H and O–H groups in total. The average Bonchev–Trinajstić information content (AvgIpc) is 2.26. The summed E-state index contributed by atoms with van der Waals surface area (Å²) in [7, 11) is 0. The zero-order valence-corrected chi connectivity index (χ0v) is 12.3. The molecule has 0 aromatic rings. The number of hydrogen-bond donors (Lipinski definition) is 0. The van der Waals surface area contributed by atoms with Gasteiger partial charge in [-0.3, -0.25) is 4.79 Å². The lowest BCUT2D eigenvalue weighted by molar-refractivity contribution is -0.157. The normalized spacial score (nSPS) is 14.7. The second-order valence-electron chi connectivity index (χ2n) is 5.76. The second kappa shape index (κ2) is 8.54. The minimum atomic E-state index is -0.265. The Balaban J connectivity index is 4.29. The van der Waals surface area contributed by atoms with Crippen LogP contribution < -0.4 is 0 Å². The fourth-order valence-corrected chi connectivity index (χ4v) is 2.06. The number of esters is 1. The quantitative estimate of drug-likeness (QED) is 0.437. The zero-order chi connectivity index (χ0) is 13.3. The molecule has 0 fully saturated rings. The van der Waals surface area contributed by atoms with Crippen LogP contribution in [-0.2, 0) is 9.53 Å². The predicted molar refractivity (Wildman–Crippen MR) is 73.0 cm³/mol. The molecular formula is C15H30O2. The van der Waals surface area contributed by atoms with Gasteiger partial charge in [0.15, 0.2) is 0 Å². The highest BCUT2D eigenvalue weighted by Crippen LogP contribution is 2.31. The van der Waals surface area contributed by atoms with Gasteiger partial charge in [0.2, 0.25) is 0 Å². The summed E-state index contributed by atoms with van der Waals surface area (Å²) in [4.78, 5) is 12.1. The van der Waals surface area contributed by atoms with Crippen molar-refractivity contribution in [3.05, 3.63) is 0 Å². The van der Waals surface area contributed by atoms with Gasteiger partial charge in [-0.2, -0.15) is 0 Å². The van der Waals surface area contributed by atoms with Crippen LogP contribution in [0.2, 0.25) is 0 Å². The molecule has 102 valence electrons. The van der Waals surface area contributed by atoms with Gasteiger partial charge in [-0.15, -0.1) is 0 Å². The first kappa shape index (κ1) is 16.5. The van der Waals surface area contributed by atoms with Crippen LogP contribution in [0.5, 0.6) is 0 Å². The molecule has 1 atom stereocenters. The molecule has 0 aromatic heterocycles. The van der Waals surface area contributed by atoms with Gasteiger partial charge in [-0.25, -0.2) is 0 Å². The van der Waals surface area contributed by atoms with Crippen LogP contribution in [0, 0.1) is 11.3 Å². The van der Waals surface area contributed by atoms with Gasteiger partial charge < -0.3 is 4.74 Å². The minimum Gasteiger partial charge on any atom is -0.465 e. The van der Waals surface area contributed by atoms with Gasteiger partial charge in [0.05, 0.1) is 12.0 Å². The highest BCUT2D eigenvalue weighted by molar-refractivity contribution is 5.76. The Morgan fingerprint density at radius 1 is 1.12 bits per heavy atom. The lowest BCUT2D eigenvalue weighted by atomic mass is 9.80. The predicted octanol–water partition coefficient (Wildman–Crippen LogP) is 4.57. The number of rotatable bonds is 9. The number of carbonyl (C=O) groups excluding carboxylic acids is 1. The van der Waals surface area contributed by atoms with Crippen molar-refractivity contribution in [2.75, 3.05) is 6.61 Å². The van der Waals surface area contributed by atoms with Crippen molar-refractivity contribution in [3.63, 3.8) is 0 Å². The van der Waals surface area contributed by atoms with Gasteiger partial charge in [0.1, 0.15) is 0 Å². The number of carbonyl (C=O) groups is 1. The number of unbranched alkanes of at least 4 members (excludes halogenated alkanes) is 2. The first-order chi connectivity index (χ1) is 7.96. The topological polar surface area (TPSA) is 26.3 Å². The summed E-state index contributed by atoms with van der Waals surface area (Å²) in [6.07, 6.45) is 6.47. The van der Waals surface area contributed by atoms with E-state index in [1.165, 1.54) is 12.8 Å². The molecule has 17 heavy (non-hydrogen) atoms. The second-order valence-corrected chi connectivity index (χ2v) is 5.76. The van der Waals surface area contributed by atoms with E-state index in [0.29, 0.717) is 12.5 Å². The molecule has 0 spiro atoms. The van der Waals surface area contributed by atoms with Crippen molar-refractivity contribution < 1.29 is 9.53 Å². The number of ether oxygens (including phenoxy) is 1. The molecule has 0 aliphatic rings. The third kappa shape index (κ3) is 6.70. The Morgan fingerprint density at radius 2 is 1.76 bits per heavy atom. The van der Waals surface area contributed by atoms with E-state index in [4.69, 9.17) is 4.74 Å². The molecule has 0 saturated carbocycles. The van der Waals surface area contributed by atoms with Crippen molar-refractivity contribution in [1.82, 2.24) is 0 Å². The highest BCUT2D eigenvalue weighted by atomic mass is 16.5. The maximum Gasteiger partial charge on any atom is 0.311 e. The Labute approximate surface area is 107 Å². The van der Waals surface area contributed by atoms with Crippen LogP contribution in [0.1, 0.15) is 73.1 Å². The monoisotopic (exact) mass is 242 g/mol. The molecule has 0 saturated heterocycles. The van der Waals surface area contributed by atoms with E-state index in [1.54, 1.807) is 0 Å². The SMILES string of the molecule is CCCCCC(C)(CCC)C(=O)OCC(C)C. The van der Waals surface area contributed by atoms with Crippen LogP contribution in [0.4, 0.5) is 0 Å². The van der Waals surface area contributed by atoms with E-state index in [0.717, 1.165) is 25.7 Å². The van der Waals surface area contributed by atoms with E-state index in [1.807, 2.05) is 0 Å². The summed E-state index contributed by atoms with van der Waals surface area (Å²) in [5, 5.41) is 0. The molecule has 2 heteroatoms. The lowest BCUT2D eigenvalue weighted by Gasteiger charge is -2.27. The Morgan fingerprint density at radius 3 is 2.24 bits per heavy atom. The Kier molecular flexibility index (Phi) is 8.28. The Bertz CT molecular complexity index is 211. The summed E-state index contributed by atoms with van der Waals surface area (Å²) < 4.78 is 5.41. The van der Waals surface area contributed by atoms with Crippen molar-refractivity contribution >= 4 is 5.97 Å². The summed E-state index contributed by atoms with van der Waals surface area (Å²) in [6.45, 7) is 11.1. The summed E-state index contributed by atoms with van der Waals surface area (Å²) in [5.74, 6) is 0.421. The average molecular weight is 242 g/mol. The summed E-state index contributed by atoms with van der Waals surface area (Å²) in [6, 6.07) is 0. The van der Waals surface area contributed by atoms with Gasteiger partial charge >= 0.3 is 5.97 Å². The van der Waals surface area contributed by atoms with E-state index >= 15 is 0 Å². The molecular weight excluding hydrogens is 212 g/mol. The van der Waals surface area contributed by atoms with Crippen LogP contribution in [0.15, 0.2) is 0 Å². The Hall–Kier alpha value is -0.530. The first-order valence-corrected chi connectivity index (χ1v) is 7.13. The maximum absolute atomic E-state index is 12.1. The molecule has 0 aliphatic carbocycles. The molecule has 0 aliphatic heterocycles. The molecule has 0 rings (SSSR count). The van der Waals surface area contributed by atoms with E-state index < -0.39 is 0 Å². The lowest BCUT2D eigenvalue weighted by Crippen LogP contribution is -2.31. The van der Waals surface area contributed by atoms with Crippen LogP contribution in [0.3, 0.4) is 0 Å². The number of hydrogen-bond acceptors (Lipinski definition) is 2. The fourth-order valence-electron chi connectivity index (χ4n) is 2.06. The zero-order valence-electron chi connectivity index (χ0n) is 12.3. The fraction of sp³-hybridized carbons (Fsp3) is 0.933. The van der Waals surface area contributed by atoms with Crippen LogP contribution >= 0.6 is 0 Å². The van der Waals surface area contributed by atoms with E-state index in [9.17, 15) is 4.79 Å². The summed E-state index contributed by atoms with van der Waals surface area (Å²) >= 11 is 0. The van der Waals surface area contributed by atoms with E-state index in [2.05, 4.69) is 34.6 Å². The molecule has 0 bridgehead atoms. The molecule has 2 nitrogen and oxygen atoms in total. The van der Waals surface area contributed by atoms with Gasteiger partial charge in [-0.1, -0.05) is 53.4 Å². The first-order valence-electron chi connectivity index (χ1n) is 7.13. The van der Waals surface area contributed by atoms with Crippen molar-refractivity contribution in [3.8, 4) is 0 Å². The molecule has 0 amide bonds. The standard InChI is InChI=1S/C15H30O2/c1-6-8-9-11-15(5,10-7-2)14(16)17-12-13(3)4/h13H,6-12H2,1-5H3. The van der Waals surface area contributed by atoms with Gasteiger partial charge in [0, 0.05) is 0 Å². The molecule has 0 heterocycles. The molecule has 1 unspecified atom stereocenters. The third-order valence-electron chi connectivity index (χ3n) is 3.17. The van der Waals surface area contributed by atoms with Crippen molar-refractivity contribution in [2.24, 2.45) is 11.3 Å². The highest BCUT2D eigenvalue weighted by Gasteiger charge is 2.33. The van der Waals surface area contributed by atoms with Crippen LogP contribution in [-0.4, -0.2) is 12.6 Å². The summed E-state index contributed by atoms with van der Waals surface area (Å²) in [5.41, 5.74) is -0.265. The van der Waals surface area contributed by atoms with Crippen molar-refractivity contribution in [2.45, 2.75) is 73.1 Å². The smallest absolute Gasteiger partial charge is 0.311 e. The van der Waals surface area contributed by atoms with E-state index in [-0.39, 0.29) is 11.4 Å². The molecule has 0 radical (unpaired) electrons. The van der Waals surface area contributed by atoms with Gasteiger partial charge in [-0.05, 0) is 25.7 Å². The largest absolute Gasteiger partial charge is 0.465 e. The van der Waals surface area contributed by atoms with Crippen molar-refractivity contribution in [1.29, 1.82) is 0 Å². The maximum atomic E-state index is 12.1.